The second-order valence-corrected chi connectivity index (χ2v) is 6.57. The molecule has 3 rings (SSSR count). The van der Waals surface area contributed by atoms with Gasteiger partial charge in [0.15, 0.2) is 0 Å². The minimum absolute atomic E-state index is 0.0718. The number of anilines is 1. The Hall–Kier alpha value is -2.81. The van der Waals surface area contributed by atoms with Crippen molar-refractivity contribution in [2.45, 2.75) is 40.2 Å². The van der Waals surface area contributed by atoms with Gasteiger partial charge in [0.1, 0.15) is 29.0 Å². The molecule has 0 spiro atoms. The van der Waals surface area contributed by atoms with Crippen LogP contribution < -0.4 is 5.73 Å². The second kappa shape index (κ2) is 6.60. The monoisotopic (exact) mass is 338 g/mol. The van der Waals surface area contributed by atoms with Crippen LogP contribution in [0.4, 0.5) is 5.82 Å². The highest BCUT2D eigenvalue weighted by molar-refractivity contribution is 5.81. The summed E-state index contributed by atoms with van der Waals surface area (Å²) in [6.45, 7) is 6.82. The third-order valence-electron chi connectivity index (χ3n) is 4.55. The number of nitrogens with zero attached hydrogens (tertiary/aromatic N) is 3. The molecule has 25 heavy (non-hydrogen) atoms. The maximum absolute atomic E-state index is 12.4. The van der Waals surface area contributed by atoms with Crippen molar-refractivity contribution in [2.24, 2.45) is 5.92 Å². The highest BCUT2D eigenvalue weighted by Crippen LogP contribution is 2.36. The lowest BCUT2D eigenvalue weighted by Gasteiger charge is -2.31. The predicted molar refractivity (Wildman–Crippen MR) is 94.4 cm³/mol. The molecule has 1 amide bonds. The van der Waals surface area contributed by atoms with Gasteiger partial charge in [-0.25, -0.2) is 4.98 Å². The Balaban J connectivity index is 2.15. The number of pyridine rings is 1. The van der Waals surface area contributed by atoms with Crippen LogP contribution in [0.3, 0.4) is 0 Å². The Morgan fingerprint density at radius 1 is 1.48 bits per heavy atom. The Kier molecular flexibility index (Phi) is 4.49. The van der Waals surface area contributed by atoms with E-state index in [2.05, 4.69) is 11.1 Å². The van der Waals surface area contributed by atoms with Crippen molar-refractivity contribution in [3.05, 3.63) is 34.7 Å². The Bertz CT molecular complexity index is 861. The van der Waals surface area contributed by atoms with E-state index in [1.165, 1.54) is 0 Å². The largest absolute Gasteiger partial charge is 0.461 e. The lowest BCUT2D eigenvalue weighted by Crippen LogP contribution is -2.39. The molecule has 0 unspecified atom stereocenters. The van der Waals surface area contributed by atoms with Gasteiger partial charge in [-0.15, -0.1) is 0 Å². The molecular formula is C19H22N4O2. The number of hydrogen-bond acceptors (Lipinski definition) is 5. The van der Waals surface area contributed by atoms with Gasteiger partial charge in [0.05, 0.1) is 5.69 Å². The summed E-state index contributed by atoms with van der Waals surface area (Å²) in [7, 11) is 0. The number of rotatable bonds is 3. The first-order valence-corrected chi connectivity index (χ1v) is 8.55. The normalized spacial score (nSPS) is 13.6. The Morgan fingerprint density at radius 2 is 2.24 bits per heavy atom. The van der Waals surface area contributed by atoms with Gasteiger partial charge in [-0.3, -0.25) is 4.79 Å². The van der Waals surface area contributed by atoms with Crippen LogP contribution >= 0.6 is 0 Å². The summed E-state index contributed by atoms with van der Waals surface area (Å²) in [5.41, 5.74) is 8.71. The van der Waals surface area contributed by atoms with E-state index in [-0.39, 0.29) is 17.6 Å². The number of carbonyl (C=O) groups is 1. The molecule has 0 radical (unpaired) electrons. The molecule has 1 aliphatic rings. The maximum atomic E-state index is 12.4. The molecule has 2 aromatic rings. The van der Waals surface area contributed by atoms with Crippen molar-refractivity contribution in [1.82, 2.24) is 9.88 Å². The molecule has 130 valence electrons. The van der Waals surface area contributed by atoms with Crippen LogP contribution in [-0.2, 0) is 24.2 Å². The van der Waals surface area contributed by atoms with E-state index >= 15 is 0 Å². The topological polar surface area (TPSA) is 96.1 Å². The lowest BCUT2D eigenvalue weighted by atomic mass is 9.94. The fourth-order valence-electron chi connectivity index (χ4n) is 3.22. The van der Waals surface area contributed by atoms with Crippen LogP contribution in [-0.4, -0.2) is 22.3 Å². The quantitative estimate of drug-likeness (QED) is 0.928. The zero-order valence-electron chi connectivity index (χ0n) is 14.8. The molecule has 0 aliphatic carbocycles. The molecule has 3 heterocycles. The summed E-state index contributed by atoms with van der Waals surface area (Å²) in [5, 5.41) is 9.60. The van der Waals surface area contributed by atoms with Crippen LogP contribution in [0.15, 0.2) is 16.5 Å². The van der Waals surface area contributed by atoms with Crippen molar-refractivity contribution in [3.63, 3.8) is 0 Å². The van der Waals surface area contributed by atoms with Crippen molar-refractivity contribution in [2.75, 3.05) is 12.3 Å². The third kappa shape index (κ3) is 2.98. The number of nitriles is 1. The highest BCUT2D eigenvalue weighted by Gasteiger charge is 2.29. The molecule has 0 saturated carbocycles. The van der Waals surface area contributed by atoms with E-state index < -0.39 is 0 Å². The van der Waals surface area contributed by atoms with Crippen molar-refractivity contribution in [3.8, 4) is 17.4 Å². The summed E-state index contributed by atoms with van der Waals surface area (Å²) in [4.78, 5) is 18.7. The molecular weight excluding hydrogens is 316 g/mol. The zero-order valence-corrected chi connectivity index (χ0v) is 14.8. The van der Waals surface area contributed by atoms with Crippen molar-refractivity contribution < 1.29 is 9.21 Å². The molecule has 0 fully saturated rings. The van der Waals surface area contributed by atoms with Gasteiger partial charge in [0, 0.05) is 43.0 Å². The van der Waals surface area contributed by atoms with Crippen molar-refractivity contribution >= 4 is 11.7 Å². The van der Waals surface area contributed by atoms with Gasteiger partial charge in [-0.1, -0.05) is 20.8 Å². The number of aryl methyl sites for hydroxylation is 1. The van der Waals surface area contributed by atoms with Crippen LogP contribution in [0.25, 0.3) is 11.3 Å². The SMILES string of the molecule is CCc1ccc(-c2c(C#N)c(N)nc3c2CN(C(=O)C(C)C)CC3)o1. The minimum atomic E-state index is -0.0718. The summed E-state index contributed by atoms with van der Waals surface area (Å²) in [6, 6.07) is 5.92. The Labute approximate surface area is 147 Å². The number of amides is 1. The van der Waals surface area contributed by atoms with Gasteiger partial charge in [0.2, 0.25) is 5.91 Å². The van der Waals surface area contributed by atoms with Gasteiger partial charge in [0.25, 0.3) is 0 Å². The van der Waals surface area contributed by atoms with Gasteiger partial charge >= 0.3 is 0 Å². The number of hydrogen-bond donors (Lipinski definition) is 1. The van der Waals surface area contributed by atoms with E-state index in [1.807, 2.05) is 37.8 Å². The van der Waals surface area contributed by atoms with E-state index in [0.29, 0.717) is 36.4 Å². The van der Waals surface area contributed by atoms with E-state index in [4.69, 9.17) is 10.2 Å². The summed E-state index contributed by atoms with van der Waals surface area (Å²) in [6.07, 6.45) is 1.39. The number of nitrogen functional groups attached to an aromatic ring is 1. The average molecular weight is 338 g/mol. The summed E-state index contributed by atoms with van der Waals surface area (Å²) < 4.78 is 5.89. The summed E-state index contributed by atoms with van der Waals surface area (Å²) in [5.74, 6) is 1.69. The predicted octanol–water partition coefficient (Wildman–Crippen LogP) is 2.90. The molecule has 0 bridgehead atoms. The van der Waals surface area contributed by atoms with Crippen molar-refractivity contribution in [1.29, 1.82) is 5.26 Å². The molecule has 6 nitrogen and oxygen atoms in total. The highest BCUT2D eigenvalue weighted by atomic mass is 16.3. The van der Waals surface area contributed by atoms with Crippen LogP contribution in [0.5, 0.6) is 0 Å². The van der Waals surface area contributed by atoms with E-state index in [0.717, 1.165) is 23.4 Å². The van der Waals surface area contributed by atoms with E-state index in [1.54, 1.807) is 0 Å². The minimum Gasteiger partial charge on any atom is -0.461 e. The van der Waals surface area contributed by atoms with Crippen LogP contribution in [0.1, 0.15) is 43.4 Å². The zero-order chi connectivity index (χ0) is 18.1. The Morgan fingerprint density at radius 3 is 2.84 bits per heavy atom. The average Bonchev–Trinajstić information content (AvgIpc) is 3.08. The van der Waals surface area contributed by atoms with Crippen LogP contribution in [0, 0.1) is 17.2 Å². The van der Waals surface area contributed by atoms with Gasteiger partial charge in [-0.2, -0.15) is 5.26 Å². The smallest absolute Gasteiger partial charge is 0.225 e. The summed E-state index contributed by atoms with van der Waals surface area (Å²) >= 11 is 0. The number of nitrogens with two attached hydrogens (primary N) is 1. The first-order chi connectivity index (χ1) is 12.0. The standard InChI is InChI=1S/C19H22N4O2/c1-4-12-5-6-16(25-12)17-13(9-20)18(21)22-15-7-8-23(10-14(15)17)19(24)11(2)3/h5-6,11H,4,7-8,10H2,1-3H3,(H2,21,22). The third-order valence-corrected chi connectivity index (χ3v) is 4.55. The maximum Gasteiger partial charge on any atom is 0.225 e. The molecule has 2 N–H and O–H groups in total. The second-order valence-electron chi connectivity index (χ2n) is 6.57. The molecule has 6 heteroatoms. The van der Waals surface area contributed by atoms with E-state index in [9.17, 15) is 10.1 Å². The number of fused-ring (bicyclic) bond motifs is 1. The first kappa shape index (κ1) is 17.0. The molecule has 2 aromatic heterocycles. The molecule has 0 atom stereocenters. The number of furan rings is 1. The van der Waals surface area contributed by atoms with Crippen LogP contribution in [0.2, 0.25) is 0 Å². The number of aromatic nitrogens is 1. The molecule has 1 aliphatic heterocycles. The fourth-order valence-corrected chi connectivity index (χ4v) is 3.22. The number of carbonyl (C=O) groups excluding carboxylic acids is 1. The fraction of sp³-hybridized carbons (Fsp3) is 0.421. The van der Waals surface area contributed by atoms with Gasteiger partial charge < -0.3 is 15.1 Å². The van der Waals surface area contributed by atoms with Gasteiger partial charge in [-0.05, 0) is 12.1 Å². The molecule has 0 aromatic carbocycles. The first-order valence-electron chi connectivity index (χ1n) is 8.55. The molecule has 0 saturated heterocycles. The lowest BCUT2D eigenvalue weighted by molar-refractivity contribution is -0.135.